The van der Waals surface area contributed by atoms with E-state index in [1.165, 1.54) is 3.57 Å². The number of halogens is 2. The second-order valence-corrected chi connectivity index (χ2v) is 5.78. The summed E-state index contributed by atoms with van der Waals surface area (Å²) >= 11 is 5.77. The molecular weight excluding hydrogens is 397 g/mol. The minimum atomic E-state index is -0.222. The number of rotatable bonds is 3. The van der Waals surface area contributed by atoms with Crippen LogP contribution in [0.15, 0.2) is 27.2 Å². The van der Waals surface area contributed by atoms with Gasteiger partial charge in [0.05, 0.1) is 6.04 Å². The summed E-state index contributed by atoms with van der Waals surface area (Å²) < 4.78 is 7.31. The molecule has 0 aliphatic heterocycles. The lowest BCUT2D eigenvalue weighted by molar-refractivity contribution is 0.358. The molecule has 0 amide bonds. The summed E-state index contributed by atoms with van der Waals surface area (Å²) in [5, 5.41) is 3.90. The maximum Gasteiger partial charge on any atom is 0.243 e. The summed E-state index contributed by atoms with van der Waals surface area (Å²) in [6, 6.07) is 5.93. The van der Waals surface area contributed by atoms with Gasteiger partial charge in [0.1, 0.15) is 0 Å². The highest BCUT2D eigenvalue weighted by Crippen LogP contribution is 2.21. The van der Waals surface area contributed by atoms with Crippen molar-refractivity contribution in [1.29, 1.82) is 0 Å². The van der Waals surface area contributed by atoms with E-state index in [2.05, 4.69) is 60.8 Å². The van der Waals surface area contributed by atoms with Crippen molar-refractivity contribution in [3.63, 3.8) is 0 Å². The summed E-state index contributed by atoms with van der Waals surface area (Å²) in [5.74, 6) is 1.13. The molecule has 0 aliphatic carbocycles. The minimum Gasteiger partial charge on any atom is -0.338 e. The van der Waals surface area contributed by atoms with E-state index >= 15 is 0 Å². The van der Waals surface area contributed by atoms with Crippen LogP contribution in [0.4, 0.5) is 0 Å². The van der Waals surface area contributed by atoms with Crippen LogP contribution in [0.25, 0.3) is 0 Å². The SMILES string of the molecule is C[C@H](N)c1nc(Cc2ccc(I)c(Br)c2)no1. The van der Waals surface area contributed by atoms with Crippen LogP contribution in [0, 0.1) is 3.57 Å². The van der Waals surface area contributed by atoms with E-state index in [-0.39, 0.29) is 6.04 Å². The first-order chi connectivity index (χ1) is 8.06. The molecule has 2 rings (SSSR count). The average Bonchev–Trinajstić information content (AvgIpc) is 2.72. The van der Waals surface area contributed by atoms with E-state index in [0.717, 1.165) is 10.0 Å². The number of aromatic nitrogens is 2. The van der Waals surface area contributed by atoms with Gasteiger partial charge in [0.25, 0.3) is 0 Å². The minimum absolute atomic E-state index is 0.222. The van der Waals surface area contributed by atoms with Crippen molar-refractivity contribution in [3.8, 4) is 0 Å². The fourth-order valence-electron chi connectivity index (χ4n) is 1.36. The summed E-state index contributed by atoms with van der Waals surface area (Å²) in [6.07, 6.45) is 0.645. The van der Waals surface area contributed by atoms with E-state index in [1.54, 1.807) is 0 Å². The van der Waals surface area contributed by atoms with E-state index in [0.29, 0.717) is 18.1 Å². The zero-order valence-corrected chi connectivity index (χ0v) is 12.9. The Kier molecular flexibility index (Phi) is 4.16. The lowest BCUT2D eigenvalue weighted by Gasteiger charge is -2.00. The summed E-state index contributed by atoms with van der Waals surface area (Å²) in [7, 11) is 0. The number of nitrogens with two attached hydrogens (primary N) is 1. The van der Waals surface area contributed by atoms with Gasteiger partial charge in [-0.2, -0.15) is 4.98 Å². The molecule has 1 heterocycles. The first kappa shape index (κ1) is 13.0. The van der Waals surface area contributed by atoms with Crippen molar-refractivity contribution in [3.05, 3.63) is 43.5 Å². The molecule has 0 aliphatic rings. The van der Waals surface area contributed by atoms with Crippen LogP contribution in [0.2, 0.25) is 0 Å². The van der Waals surface area contributed by atoms with Crippen LogP contribution in [-0.4, -0.2) is 10.1 Å². The highest BCUT2D eigenvalue weighted by molar-refractivity contribution is 14.1. The topological polar surface area (TPSA) is 64.9 Å². The predicted octanol–water partition coefficient (Wildman–Crippen LogP) is 3.05. The third-order valence-electron chi connectivity index (χ3n) is 2.22. The Morgan fingerprint density at radius 1 is 1.53 bits per heavy atom. The molecule has 0 radical (unpaired) electrons. The van der Waals surface area contributed by atoms with Gasteiger partial charge in [-0.15, -0.1) is 0 Å². The molecule has 4 nitrogen and oxygen atoms in total. The van der Waals surface area contributed by atoms with Crippen molar-refractivity contribution in [2.45, 2.75) is 19.4 Å². The predicted molar refractivity (Wildman–Crippen MR) is 76.6 cm³/mol. The Balaban J connectivity index is 2.16. The Bertz CT molecular complexity index is 527. The fourth-order valence-corrected chi connectivity index (χ4v) is 2.12. The molecule has 90 valence electrons. The van der Waals surface area contributed by atoms with Crippen molar-refractivity contribution >= 4 is 38.5 Å². The quantitative estimate of drug-likeness (QED) is 0.794. The Morgan fingerprint density at radius 3 is 2.88 bits per heavy atom. The lowest BCUT2D eigenvalue weighted by Crippen LogP contribution is -2.05. The molecule has 1 aromatic heterocycles. The lowest BCUT2D eigenvalue weighted by atomic mass is 10.1. The second kappa shape index (κ2) is 5.45. The molecule has 1 atom stereocenters. The molecule has 0 bridgehead atoms. The normalized spacial score (nSPS) is 12.7. The number of benzene rings is 1. The Labute approximate surface area is 121 Å². The van der Waals surface area contributed by atoms with Crippen molar-refractivity contribution in [2.24, 2.45) is 5.73 Å². The van der Waals surface area contributed by atoms with Crippen LogP contribution in [0.5, 0.6) is 0 Å². The largest absolute Gasteiger partial charge is 0.338 e. The number of hydrogen-bond acceptors (Lipinski definition) is 4. The molecule has 0 saturated carbocycles. The maximum absolute atomic E-state index is 5.66. The molecule has 1 aromatic carbocycles. The summed E-state index contributed by atoms with van der Waals surface area (Å²) in [6.45, 7) is 1.82. The van der Waals surface area contributed by atoms with Crippen LogP contribution in [0.3, 0.4) is 0 Å². The zero-order valence-electron chi connectivity index (χ0n) is 9.15. The van der Waals surface area contributed by atoms with Crippen LogP contribution in [-0.2, 0) is 6.42 Å². The van der Waals surface area contributed by atoms with Gasteiger partial charge in [-0.1, -0.05) is 11.2 Å². The maximum atomic E-state index is 5.66. The van der Waals surface area contributed by atoms with E-state index in [1.807, 2.05) is 13.0 Å². The van der Waals surface area contributed by atoms with Gasteiger partial charge in [-0.05, 0) is 63.1 Å². The van der Waals surface area contributed by atoms with Gasteiger partial charge >= 0.3 is 0 Å². The van der Waals surface area contributed by atoms with Crippen molar-refractivity contribution in [2.75, 3.05) is 0 Å². The van der Waals surface area contributed by atoms with E-state index in [9.17, 15) is 0 Å². The van der Waals surface area contributed by atoms with Gasteiger partial charge in [0.15, 0.2) is 5.82 Å². The highest BCUT2D eigenvalue weighted by Gasteiger charge is 2.10. The van der Waals surface area contributed by atoms with Gasteiger partial charge in [-0.25, -0.2) is 0 Å². The molecule has 17 heavy (non-hydrogen) atoms. The van der Waals surface area contributed by atoms with Gasteiger partial charge < -0.3 is 10.3 Å². The van der Waals surface area contributed by atoms with Crippen LogP contribution >= 0.6 is 38.5 Å². The zero-order chi connectivity index (χ0) is 12.4. The molecule has 0 saturated heterocycles. The Morgan fingerprint density at radius 2 is 2.29 bits per heavy atom. The summed E-state index contributed by atoms with van der Waals surface area (Å²) in [4.78, 5) is 4.24. The molecule has 6 heteroatoms. The first-order valence-corrected chi connectivity index (χ1v) is 6.95. The smallest absolute Gasteiger partial charge is 0.243 e. The molecule has 2 N–H and O–H groups in total. The molecule has 0 fully saturated rings. The van der Waals surface area contributed by atoms with Crippen molar-refractivity contribution in [1.82, 2.24) is 10.1 Å². The molecule has 2 aromatic rings. The highest BCUT2D eigenvalue weighted by atomic mass is 127. The standard InChI is InChI=1S/C11H11BrIN3O/c1-6(14)11-15-10(16-17-11)5-7-2-3-9(13)8(12)4-7/h2-4,6H,5,14H2,1H3/t6-/m0/s1. The van der Waals surface area contributed by atoms with E-state index < -0.39 is 0 Å². The first-order valence-electron chi connectivity index (χ1n) is 5.08. The molecule has 0 unspecified atom stereocenters. The monoisotopic (exact) mass is 407 g/mol. The average molecular weight is 408 g/mol. The van der Waals surface area contributed by atoms with Gasteiger partial charge in [0.2, 0.25) is 5.89 Å². The van der Waals surface area contributed by atoms with Gasteiger partial charge in [-0.3, -0.25) is 0 Å². The van der Waals surface area contributed by atoms with Crippen LogP contribution in [0.1, 0.15) is 30.2 Å². The number of hydrogen-bond donors (Lipinski definition) is 1. The third kappa shape index (κ3) is 3.26. The van der Waals surface area contributed by atoms with Gasteiger partial charge in [0, 0.05) is 14.5 Å². The van der Waals surface area contributed by atoms with E-state index in [4.69, 9.17) is 10.3 Å². The fraction of sp³-hybridized carbons (Fsp3) is 0.273. The molecular formula is C11H11BrIN3O. The number of nitrogens with zero attached hydrogens (tertiary/aromatic N) is 2. The molecule has 0 spiro atoms. The third-order valence-corrected chi connectivity index (χ3v) is 4.56. The van der Waals surface area contributed by atoms with Crippen molar-refractivity contribution < 1.29 is 4.52 Å². The van der Waals surface area contributed by atoms with Crippen LogP contribution < -0.4 is 5.73 Å². The Hall–Kier alpha value is -0.470. The summed E-state index contributed by atoms with van der Waals surface area (Å²) in [5.41, 5.74) is 6.79. The second-order valence-electron chi connectivity index (χ2n) is 3.76.